The molecule has 0 heterocycles. The molecule has 0 unspecified atom stereocenters. The maximum Gasteiger partial charge on any atom is 0.264 e. The van der Waals surface area contributed by atoms with Crippen LogP contribution < -0.4 is 14.4 Å². The van der Waals surface area contributed by atoms with Crippen molar-refractivity contribution in [2.45, 2.75) is 44.2 Å². The Hall–Kier alpha value is -4.22. The van der Waals surface area contributed by atoms with Crippen molar-refractivity contribution < 1.29 is 27.1 Å². The lowest BCUT2D eigenvalue weighted by Crippen LogP contribution is -2.53. The molecule has 0 bridgehead atoms. The average molecular weight is 711 g/mol. The number of nitrogens with zero attached hydrogens (tertiary/aromatic N) is 2. The van der Waals surface area contributed by atoms with E-state index in [1.54, 1.807) is 0 Å². The number of nitrogens with one attached hydrogen (secondary N) is 1. The van der Waals surface area contributed by atoms with E-state index in [9.17, 15) is 22.4 Å². The van der Waals surface area contributed by atoms with E-state index in [0.29, 0.717) is 25.3 Å². The zero-order valence-electron chi connectivity index (χ0n) is 25.7. The van der Waals surface area contributed by atoms with Crippen LogP contribution in [-0.4, -0.2) is 50.9 Å². The number of hydrogen-bond acceptors (Lipinski definition) is 5. The Balaban J connectivity index is 1.78. The fraction of sp³-hybridized carbons (Fsp3) is 0.257. The van der Waals surface area contributed by atoms with E-state index in [0.717, 1.165) is 32.0 Å². The number of carbonyl (C=O) groups excluding carboxylic acids is 2. The Bertz CT molecular complexity index is 1700. The van der Waals surface area contributed by atoms with Crippen molar-refractivity contribution in [2.24, 2.45) is 0 Å². The minimum atomic E-state index is -4.33. The van der Waals surface area contributed by atoms with Gasteiger partial charge in [0.15, 0.2) is 0 Å². The predicted octanol–water partition coefficient (Wildman–Crippen LogP) is 6.35. The highest BCUT2D eigenvalue weighted by atomic mass is 79.9. The van der Waals surface area contributed by atoms with Gasteiger partial charge in [0, 0.05) is 24.0 Å². The van der Waals surface area contributed by atoms with Crippen LogP contribution in [0.5, 0.6) is 5.75 Å². The van der Waals surface area contributed by atoms with Gasteiger partial charge in [-0.2, -0.15) is 0 Å². The molecule has 0 fully saturated rings. The molecule has 0 aromatic heterocycles. The average Bonchev–Trinajstić information content (AvgIpc) is 3.05. The molecule has 0 aliphatic heterocycles. The van der Waals surface area contributed by atoms with Gasteiger partial charge in [-0.1, -0.05) is 65.3 Å². The number of anilines is 1. The summed E-state index contributed by atoms with van der Waals surface area (Å²) in [6, 6.07) is 26.5. The third-order valence-electron chi connectivity index (χ3n) is 7.18. The molecule has 1 atom stereocenters. The highest BCUT2D eigenvalue weighted by Gasteiger charge is 2.34. The number of carbonyl (C=O) groups is 2. The number of rotatable bonds is 15. The molecule has 0 spiro atoms. The van der Waals surface area contributed by atoms with Gasteiger partial charge in [0.05, 0.1) is 17.2 Å². The molecule has 4 rings (SSSR count). The van der Waals surface area contributed by atoms with Gasteiger partial charge < -0.3 is 15.0 Å². The van der Waals surface area contributed by atoms with Crippen molar-refractivity contribution in [1.29, 1.82) is 0 Å². The lowest BCUT2D eigenvalue weighted by molar-refractivity contribution is -0.140. The van der Waals surface area contributed by atoms with E-state index < -0.39 is 34.3 Å². The molecule has 2 amide bonds. The topological polar surface area (TPSA) is 96.0 Å². The summed E-state index contributed by atoms with van der Waals surface area (Å²) in [7, 11) is -4.33. The lowest BCUT2D eigenvalue weighted by atomic mass is 10.0. The van der Waals surface area contributed by atoms with Gasteiger partial charge in [-0.15, -0.1) is 0 Å². The van der Waals surface area contributed by atoms with Gasteiger partial charge in [-0.05, 0) is 85.1 Å². The van der Waals surface area contributed by atoms with Crippen molar-refractivity contribution in [1.82, 2.24) is 10.2 Å². The quantitative estimate of drug-likeness (QED) is 0.155. The summed E-state index contributed by atoms with van der Waals surface area (Å²) in [5, 5.41) is 2.92. The van der Waals surface area contributed by atoms with Crippen LogP contribution in [0.3, 0.4) is 0 Å². The highest BCUT2D eigenvalue weighted by Crippen LogP contribution is 2.27. The van der Waals surface area contributed by atoms with Gasteiger partial charge in [-0.25, -0.2) is 12.8 Å². The van der Waals surface area contributed by atoms with Crippen molar-refractivity contribution >= 4 is 43.5 Å². The molecular weight excluding hydrogens is 673 g/mol. The summed E-state index contributed by atoms with van der Waals surface area (Å²) in [5.41, 5.74) is 1.68. The molecule has 1 N–H and O–H groups in total. The molecule has 242 valence electrons. The minimum Gasteiger partial charge on any atom is -0.494 e. The molecule has 11 heteroatoms. The summed E-state index contributed by atoms with van der Waals surface area (Å²) in [6.07, 6.45) is 0.903. The number of hydrogen-bond donors (Lipinski definition) is 1. The summed E-state index contributed by atoms with van der Waals surface area (Å²) in [4.78, 5) is 29.5. The van der Waals surface area contributed by atoms with Crippen molar-refractivity contribution in [3.63, 3.8) is 0 Å². The van der Waals surface area contributed by atoms with Gasteiger partial charge in [0.1, 0.15) is 24.2 Å². The Kier molecular flexibility index (Phi) is 12.3. The fourth-order valence-corrected chi connectivity index (χ4v) is 6.75. The van der Waals surface area contributed by atoms with Crippen LogP contribution in [0.2, 0.25) is 0 Å². The number of halogens is 2. The van der Waals surface area contributed by atoms with Gasteiger partial charge in [0.25, 0.3) is 10.0 Å². The van der Waals surface area contributed by atoms with Crippen LogP contribution in [0.4, 0.5) is 10.1 Å². The normalized spacial score (nSPS) is 11.8. The number of amides is 2. The minimum absolute atomic E-state index is 0.0374. The second kappa shape index (κ2) is 16.4. The molecular formula is C35H37BrFN3O5S. The number of benzene rings is 4. The number of ether oxygens (including phenoxy) is 1. The van der Waals surface area contributed by atoms with E-state index in [-0.39, 0.29) is 29.5 Å². The molecule has 46 heavy (non-hydrogen) atoms. The first-order valence-electron chi connectivity index (χ1n) is 15.0. The first kappa shape index (κ1) is 34.6. The molecule has 0 saturated carbocycles. The number of sulfonamides is 1. The largest absolute Gasteiger partial charge is 0.494 e. The first-order chi connectivity index (χ1) is 22.1. The van der Waals surface area contributed by atoms with E-state index >= 15 is 0 Å². The SMILES string of the molecule is CCCNC(=O)[C@H](Cc1ccccc1)N(Cc1cccc(Br)c1)C(=O)CN(c1ccc(F)cc1)S(=O)(=O)c1ccc(OCC)cc1. The van der Waals surface area contributed by atoms with Crippen LogP contribution >= 0.6 is 15.9 Å². The van der Waals surface area contributed by atoms with E-state index in [2.05, 4.69) is 21.2 Å². The second-order valence-corrected chi connectivity index (χ2v) is 13.3. The summed E-state index contributed by atoms with van der Waals surface area (Å²) in [6.45, 7) is 3.98. The third-order valence-corrected chi connectivity index (χ3v) is 9.46. The zero-order valence-corrected chi connectivity index (χ0v) is 28.1. The Morgan fingerprint density at radius 2 is 1.57 bits per heavy atom. The predicted molar refractivity (Wildman–Crippen MR) is 180 cm³/mol. The second-order valence-electron chi connectivity index (χ2n) is 10.5. The van der Waals surface area contributed by atoms with Crippen LogP contribution in [0.25, 0.3) is 0 Å². The molecule has 0 aliphatic rings. The third kappa shape index (κ3) is 9.17. The van der Waals surface area contributed by atoms with Crippen LogP contribution in [-0.2, 0) is 32.6 Å². The lowest BCUT2D eigenvalue weighted by Gasteiger charge is -2.34. The zero-order chi connectivity index (χ0) is 33.1. The molecule has 0 radical (unpaired) electrons. The van der Waals surface area contributed by atoms with Crippen LogP contribution in [0, 0.1) is 5.82 Å². The van der Waals surface area contributed by atoms with E-state index in [1.807, 2.05) is 68.4 Å². The summed E-state index contributed by atoms with van der Waals surface area (Å²) in [5.74, 6) is -1.02. The van der Waals surface area contributed by atoms with Gasteiger partial charge in [0.2, 0.25) is 11.8 Å². The van der Waals surface area contributed by atoms with Crippen molar-refractivity contribution in [3.05, 3.63) is 125 Å². The van der Waals surface area contributed by atoms with Crippen molar-refractivity contribution in [2.75, 3.05) is 24.0 Å². The smallest absolute Gasteiger partial charge is 0.264 e. The molecule has 8 nitrogen and oxygen atoms in total. The molecule has 0 saturated heterocycles. The maximum atomic E-state index is 14.4. The molecule has 0 aliphatic carbocycles. The maximum absolute atomic E-state index is 14.4. The fourth-order valence-electron chi connectivity index (χ4n) is 4.89. The monoisotopic (exact) mass is 709 g/mol. The van der Waals surface area contributed by atoms with Crippen molar-refractivity contribution in [3.8, 4) is 5.75 Å². The van der Waals surface area contributed by atoms with Crippen LogP contribution in [0.1, 0.15) is 31.4 Å². The van der Waals surface area contributed by atoms with Crippen LogP contribution in [0.15, 0.2) is 112 Å². The molecule has 4 aromatic rings. The standard InChI is InChI=1S/C35H37BrFN3O5S/c1-3-21-38-35(42)33(23-26-9-6-5-7-10-26)39(24-27-11-8-12-28(36)22-27)34(41)25-40(30-15-13-29(37)14-16-30)46(43,44)32-19-17-31(18-20-32)45-4-2/h5-20,22,33H,3-4,21,23-25H2,1-2H3,(H,38,42)/t33-/m0/s1. The summed E-state index contributed by atoms with van der Waals surface area (Å²) >= 11 is 3.48. The molecule has 4 aromatic carbocycles. The van der Waals surface area contributed by atoms with Gasteiger partial charge >= 0.3 is 0 Å². The summed E-state index contributed by atoms with van der Waals surface area (Å²) < 4.78 is 49.4. The highest BCUT2D eigenvalue weighted by molar-refractivity contribution is 9.10. The van der Waals surface area contributed by atoms with E-state index in [4.69, 9.17) is 4.74 Å². The van der Waals surface area contributed by atoms with Gasteiger partial charge in [-0.3, -0.25) is 13.9 Å². The Morgan fingerprint density at radius 1 is 0.891 bits per heavy atom. The Morgan fingerprint density at radius 3 is 2.20 bits per heavy atom. The Labute approximate surface area is 278 Å². The first-order valence-corrected chi connectivity index (χ1v) is 17.2. The van der Waals surface area contributed by atoms with E-state index in [1.165, 1.54) is 41.3 Å².